The number of hydrogen-bond donors (Lipinski definition) is 2. The lowest BCUT2D eigenvalue weighted by Crippen LogP contribution is -1.88. The molecule has 0 radical (unpaired) electrons. The molecule has 1 aromatic rings. The molecule has 0 saturated heterocycles. The largest absolute Gasteiger partial charge is 0.385 e. The summed E-state index contributed by atoms with van der Waals surface area (Å²) in [5, 5.41) is 0. The van der Waals surface area contributed by atoms with Gasteiger partial charge in [-0.3, -0.25) is 0 Å². The van der Waals surface area contributed by atoms with Crippen molar-refractivity contribution >= 4 is 5.82 Å². The van der Waals surface area contributed by atoms with Gasteiger partial charge in [0.2, 0.25) is 0 Å². The summed E-state index contributed by atoms with van der Waals surface area (Å²) in [7, 11) is 0. The highest BCUT2D eigenvalue weighted by Gasteiger charge is 1.92. The van der Waals surface area contributed by atoms with Gasteiger partial charge in [0.05, 0.1) is 0 Å². The molecule has 0 aliphatic rings. The number of aryl methyl sites for hydroxylation is 1. The van der Waals surface area contributed by atoms with E-state index in [1.165, 1.54) is 5.56 Å². The first-order valence-corrected chi connectivity index (χ1v) is 2.76. The average Bonchev–Trinajstić information content (AvgIpc) is 2.14. The minimum atomic E-state index is 0.799. The van der Waals surface area contributed by atoms with Crippen LogP contribution in [-0.4, -0.2) is 4.98 Å². The minimum absolute atomic E-state index is 0.799. The second kappa shape index (κ2) is 1.90. The number of anilines is 1. The van der Waals surface area contributed by atoms with Crippen LogP contribution in [-0.2, 0) is 6.42 Å². The molecular weight excluding hydrogens is 100 g/mol. The Morgan fingerprint density at radius 2 is 2.50 bits per heavy atom. The van der Waals surface area contributed by atoms with Gasteiger partial charge in [0.25, 0.3) is 0 Å². The first-order chi connectivity index (χ1) is 3.84. The zero-order valence-corrected chi connectivity index (χ0v) is 4.94. The minimum Gasteiger partial charge on any atom is -0.385 e. The fraction of sp³-hybridized carbons (Fsp3) is 0.333. The number of H-pyrrole nitrogens is 1. The maximum Gasteiger partial charge on any atom is 0.103 e. The van der Waals surface area contributed by atoms with Crippen LogP contribution in [0.2, 0.25) is 0 Å². The second-order valence-corrected chi connectivity index (χ2v) is 1.77. The van der Waals surface area contributed by atoms with Crippen molar-refractivity contribution in [3.63, 3.8) is 0 Å². The van der Waals surface area contributed by atoms with Gasteiger partial charge in [-0.05, 0) is 18.1 Å². The molecule has 0 spiro atoms. The van der Waals surface area contributed by atoms with Crippen LogP contribution in [0.5, 0.6) is 0 Å². The topological polar surface area (TPSA) is 41.8 Å². The second-order valence-electron chi connectivity index (χ2n) is 1.77. The SMILES string of the molecule is CCc1cc[nH]c1N. The molecular formula is C6H10N2. The molecule has 0 atom stereocenters. The number of aromatic amines is 1. The number of aromatic nitrogens is 1. The van der Waals surface area contributed by atoms with E-state index < -0.39 is 0 Å². The monoisotopic (exact) mass is 110 g/mol. The van der Waals surface area contributed by atoms with Crippen molar-refractivity contribution in [2.45, 2.75) is 13.3 Å². The van der Waals surface area contributed by atoms with Crippen LogP contribution in [0.1, 0.15) is 12.5 Å². The van der Waals surface area contributed by atoms with E-state index in [4.69, 9.17) is 5.73 Å². The molecule has 2 heteroatoms. The third-order valence-corrected chi connectivity index (χ3v) is 1.25. The standard InChI is InChI=1S/C6H10N2/c1-2-5-3-4-8-6(5)7/h3-4,8H,2,7H2,1H3. The van der Waals surface area contributed by atoms with Gasteiger partial charge in [0, 0.05) is 6.20 Å². The van der Waals surface area contributed by atoms with E-state index in [1.54, 1.807) is 0 Å². The van der Waals surface area contributed by atoms with Crippen molar-refractivity contribution in [3.05, 3.63) is 17.8 Å². The Morgan fingerprint density at radius 3 is 2.75 bits per heavy atom. The Balaban J connectivity index is 2.92. The van der Waals surface area contributed by atoms with Crippen LogP contribution in [0, 0.1) is 0 Å². The zero-order chi connectivity index (χ0) is 5.98. The van der Waals surface area contributed by atoms with Gasteiger partial charge >= 0.3 is 0 Å². The summed E-state index contributed by atoms with van der Waals surface area (Å²) in [6.45, 7) is 2.08. The van der Waals surface area contributed by atoms with Crippen molar-refractivity contribution in [2.75, 3.05) is 5.73 Å². The first-order valence-electron chi connectivity index (χ1n) is 2.76. The lowest BCUT2D eigenvalue weighted by atomic mass is 10.2. The maximum atomic E-state index is 5.50. The van der Waals surface area contributed by atoms with E-state index >= 15 is 0 Å². The molecule has 1 aromatic heterocycles. The van der Waals surface area contributed by atoms with Crippen molar-refractivity contribution < 1.29 is 0 Å². The van der Waals surface area contributed by atoms with Gasteiger partial charge < -0.3 is 10.7 Å². The predicted molar refractivity (Wildman–Crippen MR) is 34.6 cm³/mol. The van der Waals surface area contributed by atoms with Gasteiger partial charge in [-0.15, -0.1) is 0 Å². The highest BCUT2D eigenvalue weighted by Crippen LogP contribution is 2.07. The summed E-state index contributed by atoms with van der Waals surface area (Å²) in [4.78, 5) is 2.90. The molecule has 0 bridgehead atoms. The first kappa shape index (κ1) is 5.22. The lowest BCUT2D eigenvalue weighted by molar-refractivity contribution is 1.15. The fourth-order valence-electron chi connectivity index (χ4n) is 0.723. The summed E-state index contributed by atoms with van der Waals surface area (Å²) in [6, 6.07) is 2.00. The average molecular weight is 110 g/mol. The quantitative estimate of drug-likeness (QED) is 0.559. The third kappa shape index (κ3) is 0.689. The molecule has 0 aliphatic carbocycles. The smallest absolute Gasteiger partial charge is 0.103 e. The van der Waals surface area contributed by atoms with Gasteiger partial charge in [0.1, 0.15) is 5.82 Å². The summed E-state index contributed by atoms with van der Waals surface area (Å²) in [6.07, 6.45) is 2.86. The van der Waals surface area contributed by atoms with Crippen molar-refractivity contribution in [1.29, 1.82) is 0 Å². The molecule has 44 valence electrons. The zero-order valence-electron chi connectivity index (χ0n) is 4.94. The normalized spacial score (nSPS) is 9.62. The van der Waals surface area contributed by atoms with Crippen LogP contribution in [0.15, 0.2) is 12.3 Å². The molecule has 1 heterocycles. The summed E-state index contributed by atoms with van der Waals surface area (Å²) >= 11 is 0. The molecule has 3 N–H and O–H groups in total. The molecule has 1 rings (SSSR count). The molecule has 0 amide bonds. The van der Waals surface area contributed by atoms with Gasteiger partial charge in [-0.25, -0.2) is 0 Å². The number of nitrogens with two attached hydrogens (primary N) is 1. The highest BCUT2D eigenvalue weighted by molar-refractivity contribution is 5.39. The Morgan fingerprint density at radius 1 is 1.75 bits per heavy atom. The van der Waals surface area contributed by atoms with Crippen molar-refractivity contribution in [2.24, 2.45) is 0 Å². The summed E-state index contributed by atoms with van der Waals surface area (Å²) in [5.74, 6) is 0.799. The molecule has 8 heavy (non-hydrogen) atoms. The van der Waals surface area contributed by atoms with Gasteiger partial charge in [-0.2, -0.15) is 0 Å². The Kier molecular flexibility index (Phi) is 1.24. The van der Waals surface area contributed by atoms with Crippen LogP contribution in [0.3, 0.4) is 0 Å². The van der Waals surface area contributed by atoms with Gasteiger partial charge in [-0.1, -0.05) is 6.92 Å². The van der Waals surface area contributed by atoms with Crippen molar-refractivity contribution in [3.8, 4) is 0 Å². The van der Waals surface area contributed by atoms with Crippen LogP contribution < -0.4 is 5.73 Å². The number of nitrogens with one attached hydrogen (secondary N) is 1. The number of hydrogen-bond acceptors (Lipinski definition) is 1. The molecule has 0 fully saturated rings. The van der Waals surface area contributed by atoms with Crippen LogP contribution in [0.4, 0.5) is 5.82 Å². The number of nitrogen functional groups attached to an aromatic ring is 1. The Bertz CT molecular complexity index is 167. The van der Waals surface area contributed by atoms with E-state index in [1.807, 2.05) is 12.3 Å². The molecule has 0 aromatic carbocycles. The van der Waals surface area contributed by atoms with Gasteiger partial charge in [0.15, 0.2) is 0 Å². The van der Waals surface area contributed by atoms with E-state index in [2.05, 4.69) is 11.9 Å². The van der Waals surface area contributed by atoms with Crippen molar-refractivity contribution in [1.82, 2.24) is 4.98 Å². The molecule has 2 nitrogen and oxygen atoms in total. The third-order valence-electron chi connectivity index (χ3n) is 1.25. The summed E-state index contributed by atoms with van der Waals surface area (Å²) < 4.78 is 0. The Hall–Kier alpha value is -0.920. The molecule has 0 aliphatic heterocycles. The molecule has 0 unspecified atom stereocenters. The van der Waals surface area contributed by atoms with Crippen LogP contribution >= 0.6 is 0 Å². The van der Waals surface area contributed by atoms with E-state index in [-0.39, 0.29) is 0 Å². The molecule has 0 saturated carbocycles. The highest BCUT2D eigenvalue weighted by atomic mass is 14.8. The summed E-state index contributed by atoms with van der Waals surface area (Å²) in [5.41, 5.74) is 6.69. The predicted octanol–water partition coefficient (Wildman–Crippen LogP) is 1.16. The van der Waals surface area contributed by atoms with E-state index in [0.717, 1.165) is 12.2 Å². The lowest BCUT2D eigenvalue weighted by Gasteiger charge is -1.88. The van der Waals surface area contributed by atoms with E-state index in [0.29, 0.717) is 0 Å². The number of rotatable bonds is 1. The fourth-order valence-corrected chi connectivity index (χ4v) is 0.723. The van der Waals surface area contributed by atoms with Crippen LogP contribution in [0.25, 0.3) is 0 Å². The maximum absolute atomic E-state index is 5.50. The Labute approximate surface area is 48.7 Å². The van der Waals surface area contributed by atoms with E-state index in [9.17, 15) is 0 Å².